The second-order valence-corrected chi connectivity index (χ2v) is 19.8. The molecule has 0 aliphatic rings. The summed E-state index contributed by atoms with van der Waals surface area (Å²) in [5.74, 6) is -1.46. The number of carbonyl (C=O) groups is 3. The van der Waals surface area contributed by atoms with E-state index in [1.54, 1.807) is 0 Å². The molecule has 8 heteroatoms. The second-order valence-electron chi connectivity index (χ2n) is 19.8. The highest BCUT2D eigenvalue weighted by atomic mass is 16.6. The molecule has 0 heterocycles. The molecule has 0 fully saturated rings. The minimum Gasteiger partial charge on any atom is -0.477 e. The molecule has 2 atom stereocenters. The van der Waals surface area contributed by atoms with Gasteiger partial charge in [-0.15, -0.1) is 0 Å². The molecule has 388 valence electrons. The first-order chi connectivity index (χ1) is 32.6. The quantitative estimate of drug-likeness (QED) is 0.0213. The van der Waals surface area contributed by atoms with Gasteiger partial charge in [0, 0.05) is 19.3 Å². The topological polar surface area (TPSA) is 99.1 Å². The summed E-state index contributed by atoms with van der Waals surface area (Å²) in [5.41, 5.74) is 0. The van der Waals surface area contributed by atoms with E-state index in [0.717, 1.165) is 57.8 Å². The van der Waals surface area contributed by atoms with E-state index in [2.05, 4.69) is 74.6 Å². The van der Waals surface area contributed by atoms with Crippen LogP contribution in [0.2, 0.25) is 0 Å². The fourth-order valence-electron chi connectivity index (χ4n) is 8.16. The molecular formula is C59H106NO7+. The zero-order chi connectivity index (χ0) is 49.2. The third-order valence-corrected chi connectivity index (χ3v) is 12.4. The summed E-state index contributed by atoms with van der Waals surface area (Å²) >= 11 is 0. The number of rotatable bonds is 50. The molecule has 0 bridgehead atoms. The van der Waals surface area contributed by atoms with Crippen molar-refractivity contribution in [3.8, 4) is 0 Å². The van der Waals surface area contributed by atoms with Gasteiger partial charge >= 0.3 is 17.9 Å². The Bertz CT molecular complexity index is 1280. The molecule has 0 aromatic rings. The van der Waals surface area contributed by atoms with Gasteiger partial charge in [-0.25, -0.2) is 4.79 Å². The summed E-state index contributed by atoms with van der Waals surface area (Å²) in [6.45, 7) is 4.63. The zero-order valence-electron chi connectivity index (χ0n) is 44.3. The number of carbonyl (C=O) groups excluding carboxylic acids is 2. The Morgan fingerprint density at radius 2 is 0.881 bits per heavy atom. The number of nitrogens with zero attached hydrogens (tertiary/aromatic N) is 1. The predicted octanol–water partition coefficient (Wildman–Crippen LogP) is 16.5. The largest absolute Gasteiger partial charge is 0.477 e. The van der Waals surface area contributed by atoms with Gasteiger partial charge in [0.2, 0.25) is 0 Å². The molecule has 1 N–H and O–H groups in total. The number of ether oxygens (including phenoxy) is 3. The molecule has 67 heavy (non-hydrogen) atoms. The van der Waals surface area contributed by atoms with Crippen molar-refractivity contribution >= 4 is 17.9 Å². The molecule has 0 aliphatic carbocycles. The van der Waals surface area contributed by atoms with Gasteiger partial charge in [0.15, 0.2) is 12.1 Å². The van der Waals surface area contributed by atoms with E-state index in [9.17, 15) is 19.5 Å². The Morgan fingerprint density at radius 3 is 1.33 bits per heavy atom. The van der Waals surface area contributed by atoms with E-state index in [1.165, 1.54) is 154 Å². The van der Waals surface area contributed by atoms with Crippen molar-refractivity contribution < 1.29 is 38.2 Å². The van der Waals surface area contributed by atoms with Crippen molar-refractivity contribution in [2.45, 2.75) is 257 Å². The molecule has 0 radical (unpaired) electrons. The first kappa shape index (κ1) is 64.0. The van der Waals surface area contributed by atoms with Gasteiger partial charge in [-0.2, -0.15) is 0 Å². The number of hydrogen-bond donors (Lipinski definition) is 1. The van der Waals surface area contributed by atoms with Crippen molar-refractivity contribution in [1.29, 1.82) is 0 Å². The van der Waals surface area contributed by atoms with E-state index in [4.69, 9.17) is 14.2 Å². The smallest absolute Gasteiger partial charge is 0.362 e. The number of hydrogen-bond acceptors (Lipinski definition) is 6. The number of carboxylic acids is 1. The maximum atomic E-state index is 12.8. The summed E-state index contributed by atoms with van der Waals surface area (Å²) in [5, 5.41) is 9.67. The average molecular weight is 941 g/mol. The highest BCUT2D eigenvalue weighted by Gasteiger charge is 2.31. The lowest BCUT2D eigenvalue weighted by Gasteiger charge is -2.31. The van der Waals surface area contributed by atoms with Crippen LogP contribution in [0.15, 0.2) is 60.8 Å². The number of esters is 2. The Kier molecular flexibility index (Phi) is 47.3. The number of aliphatic carboxylic acids is 1. The Morgan fingerprint density at radius 1 is 0.478 bits per heavy atom. The lowest BCUT2D eigenvalue weighted by Crippen LogP contribution is -2.50. The second kappa shape index (κ2) is 49.5. The van der Waals surface area contributed by atoms with Crippen LogP contribution in [0.1, 0.15) is 245 Å². The van der Waals surface area contributed by atoms with Crippen molar-refractivity contribution in [3.05, 3.63) is 60.8 Å². The van der Waals surface area contributed by atoms with Crippen LogP contribution in [0.25, 0.3) is 0 Å². The number of allylic oxidation sites excluding steroid dienone is 10. The lowest BCUT2D eigenvalue weighted by molar-refractivity contribution is -0.887. The molecule has 0 aliphatic heterocycles. The van der Waals surface area contributed by atoms with Gasteiger partial charge in [-0.1, -0.05) is 216 Å². The van der Waals surface area contributed by atoms with Crippen molar-refractivity contribution in [2.75, 3.05) is 41.0 Å². The summed E-state index contributed by atoms with van der Waals surface area (Å²) in [7, 11) is 5.54. The molecule has 0 aromatic carbocycles. The molecule has 0 rings (SSSR count). The van der Waals surface area contributed by atoms with Crippen LogP contribution >= 0.6 is 0 Å². The van der Waals surface area contributed by atoms with Crippen LogP contribution in [-0.4, -0.2) is 80.6 Å². The number of quaternary nitrogens is 1. The molecule has 0 saturated heterocycles. The van der Waals surface area contributed by atoms with Crippen LogP contribution in [0.5, 0.6) is 0 Å². The molecule has 2 unspecified atom stereocenters. The van der Waals surface area contributed by atoms with Gasteiger partial charge in [0.05, 0.1) is 34.4 Å². The van der Waals surface area contributed by atoms with Crippen molar-refractivity contribution in [3.63, 3.8) is 0 Å². The van der Waals surface area contributed by atoms with Crippen molar-refractivity contribution in [1.82, 2.24) is 0 Å². The summed E-state index contributed by atoms with van der Waals surface area (Å²) in [6, 6.07) is -0.617. The van der Waals surface area contributed by atoms with E-state index >= 15 is 0 Å². The van der Waals surface area contributed by atoms with E-state index in [0.29, 0.717) is 19.3 Å². The minimum absolute atomic E-state index is 0.0530. The molecule has 8 nitrogen and oxygen atoms in total. The van der Waals surface area contributed by atoms with Crippen LogP contribution in [0.4, 0.5) is 0 Å². The van der Waals surface area contributed by atoms with Crippen LogP contribution in [-0.2, 0) is 28.6 Å². The van der Waals surface area contributed by atoms with Gasteiger partial charge in [-0.3, -0.25) is 9.59 Å². The molecular weight excluding hydrogens is 835 g/mol. The average Bonchev–Trinajstić information content (AvgIpc) is 3.29. The van der Waals surface area contributed by atoms with Crippen LogP contribution in [0, 0.1) is 0 Å². The zero-order valence-corrected chi connectivity index (χ0v) is 44.3. The highest BCUT2D eigenvalue weighted by Crippen LogP contribution is 2.16. The first-order valence-corrected chi connectivity index (χ1v) is 27.8. The van der Waals surface area contributed by atoms with E-state index in [1.807, 2.05) is 21.1 Å². The van der Waals surface area contributed by atoms with Gasteiger partial charge in [0.25, 0.3) is 0 Å². The Hall–Kier alpha value is -2.97. The standard InChI is InChI=1S/C59H105NO7/c1-6-8-10-12-14-16-18-20-22-24-26-28-29-30-32-34-36-38-40-42-44-46-48-50-58(62)67-55(53-65-52-51-56(59(63)64)60(3,4)5)54-66-57(61)49-47-45-43-41-39-37-35-33-31-27-25-23-21-19-17-15-13-11-9-7-2/h8,10,14,16-17,19-23,55-56H,6-7,9,11-13,15,18,24-54H2,1-5H3/p+1/b10-8+,16-14+,19-17+,22-20+,23-21+. The number of unbranched alkanes of at least 4 members (excludes halogenated alkanes) is 27. The lowest BCUT2D eigenvalue weighted by atomic mass is 10.0. The predicted molar refractivity (Wildman–Crippen MR) is 284 cm³/mol. The van der Waals surface area contributed by atoms with Gasteiger partial charge in [-0.05, 0) is 70.6 Å². The minimum atomic E-state index is -0.874. The SMILES string of the molecule is CC/C=C/C/C=C/C/C=C/CCCCCCCCCCCCCCCC(=O)OC(COCCC(C(=O)O)[N+](C)(C)C)COC(=O)CCCCCCCCCCCC/C=C/C=C/CCCCCC. The fraction of sp³-hybridized carbons (Fsp3) is 0.780. The van der Waals surface area contributed by atoms with Crippen LogP contribution < -0.4 is 0 Å². The van der Waals surface area contributed by atoms with Crippen molar-refractivity contribution in [2.24, 2.45) is 0 Å². The normalized spacial score (nSPS) is 13.3. The maximum Gasteiger partial charge on any atom is 0.362 e. The molecule has 0 saturated carbocycles. The Labute approximate surface area is 413 Å². The molecule has 0 amide bonds. The number of carboxylic acid groups (broad SMARTS) is 1. The van der Waals surface area contributed by atoms with Crippen LogP contribution in [0.3, 0.4) is 0 Å². The summed E-state index contributed by atoms with van der Waals surface area (Å²) in [6.07, 6.45) is 62.7. The molecule has 0 aromatic heterocycles. The number of likely N-dealkylation sites (N-methyl/N-ethyl adjacent to an activating group) is 1. The first-order valence-electron chi connectivity index (χ1n) is 27.8. The third-order valence-electron chi connectivity index (χ3n) is 12.4. The van der Waals surface area contributed by atoms with E-state index in [-0.39, 0.29) is 36.2 Å². The monoisotopic (exact) mass is 941 g/mol. The maximum absolute atomic E-state index is 12.8. The third kappa shape index (κ3) is 47.9. The van der Waals surface area contributed by atoms with Gasteiger partial charge in [0.1, 0.15) is 6.61 Å². The van der Waals surface area contributed by atoms with E-state index < -0.39 is 18.1 Å². The van der Waals surface area contributed by atoms with Gasteiger partial charge < -0.3 is 23.8 Å². The fourth-order valence-corrected chi connectivity index (χ4v) is 8.16. The summed E-state index contributed by atoms with van der Waals surface area (Å²) < 4.78 is 17.4. The summed E-state index contributed by atoms with van der Waals surface area (Å²) in [4.78, 5) is 37.3. The Balaban J connectivity index is 4.18. The highest BCUT2D eigenvalue weighted by molar-refractivity contribution is 5.72. The molecule has 0 spiro atoms.